The summed E-state index contributed by atoms with van der Waals surface area (Å²) in [5, 5.41) is 20.1. The zero-order valence-electron chi connectivity index (χ0n) is 15.8. The van der Waals surface area contributed by atoms with Gasteiger partial charge in [-0.1, -0.05) is 0 Å². The Labute approximate surface area is 178 Å². The standard InChI is InChI=1S/C16H18BrF4N5O3S/c1-7(15(2,3)27)24-13-10(17)6-23-14(26-13)25-8-4-9(16(19,20)21)12(11(18)5-8)30(22,28)29/h4-7,27H,1-3H3,(H2,22,28,29)(H2,23,24,25,26)/t7-/m1/s1. The van der Waals surface area contributed by atoms with Crippen LogP contribution in [0.25, 0.3) is 0 Å². The Bertz CT molecular complexity index is 1060. The highest BCUT2D eigenvalue weighted by molar-refractivity contribution is 9.10. The topological polar surface area (TPSA) is 130 Å². The second kappa shape index (κ2) is 8.24. The molecule has 166 valence electrons. The molecule has 30 heavy (non-hydrogen) atoms. The molecule has 2 rings (SSSR count). The lowest BCUT2D eigenvalue weighted by molar-refractivity contribution is -0.140. The summed E-state index contributed by atoms with van der Waals surface area (Å²) in [5.41, 5.74) is -3.33. The maximum atomic E-state index is 14.2. The molecule has 0 saturated carbocycles. The van der Waals surface area contributed by atoms with Crippen molar-refractivity contribution in [1.29, 1.82) is 0 Å². The van der Waals surface area contributed by atoms with Crippen molar-refractivity contribution in [2.45, 2.75) is 43.5 Å². The van der Waals surface area contributed by atoms with Crippen LogP contribution in [0.15, 0.2) is 27.7 Å². The van der Waals surface area contributed by atoms with E-state index in [-0.39, 0.29) is 11.8 Å². The van der Waals surface area contributed by atoms with Crippen LogP contribution in [0.4, 0.5) is 35.0 Å². The maximum absolute atomic E-state index is 14.2. The van der Waals surface area contributed by atoms with E-state index in [0.717, 1.165) is 0 Å². The van der Waals surface area contributed by atoms with Crippen molar-refractivity contribution in [2.75, 3.05) is 10.6 Å². The lowest BCUT2D eigenvalue weighted by Crippen LogP contribution is -2.39. The number of aromatic nitrogens is 2. The Hall–Kier alpha value is -2.03. The first kappa shape index (κ1) is 24.2. The van der Waals surface area contributed by atoms with E-state index in [2.05, 4.69) is 36.5 Å². The van der Waals surface area contributed by atoms with Gasteiger partial charge in [-0.15, -0.1) is 0 Å². The van der Waals surface area contributed by atoms with E-state index in [1.54, 1.807) is 20.8 Å². The van der Waals surface area contributed by atoms with E-state index >= 15 is 0 Å². The molecule has 1 heterocycles. The maximum Gasteiger partial charge on any atom is 0.417 e. The third-order valence-electron chi connectivity index (χ3n) is 4.05. The van der Waals surface area contributed by atoms with Crippen LogP contribution in [0.5, 0.6) is 0 Å². The molecule has 1 aromatic carbocycles. The number of sulfonamides is 1. The second-order valence-corrected chi connectivity index (χ2v) is 9.26. The summed E-state index contributed by atoms with van der Waals surface area (Å²) in [6.07, 6.45) is -3.90. The van der Waals surface area contributed by atoms with Gasteiger partial charge < -0.3 is 15.7 Å². The van der Waals surface area contributed by atoms with E-state index < -0.39 is 49.8 Å². The summed E-state index contributed by atoms with van der Waals surface area (Å²) in [6, 6.07) is 0.452. The zero-order chi connectivity index (χ0) is 23.1. The van der Waals surface area contributed by atoms with Crippen LogP contribution < -0.4 is 15.8 Å². The normalized spacial score (nSPS) is 13.8. The molecular formula is C16H18BrF4N5O3S. The van der Waals surface area contributed by atoms with Crippen LogP contribution in [0.2, 0.25) is 0 Å². The smallest absolute Gasteiger partial charge is 0.388 e. The third-order valence-corrected chi connectivity index (χ3v) is 5.61. The molecule has 0 aliphatic heterocycles. The molecule has 0 unspecified atom stereocenters. The first-order valence-electron chi connectivity index (χ1n) is 8.22. The average molecular weight is 516 g/mol. The highest BCUT2D eigenvalue weighted by atomic mass is 79.9. The lowest BCUT2D eigenvalue weighted by Gasteiger charge is -2.27. The first-order valence-corrected chi connectivity index (χ1v) is 10.6. The first-order chi connectivity index (χ1) is 13.5. The van der Waals surface area contributed by atoms with Crippen molar-refractivity contribution in [1.82, 2.24) is 9.97 Å². The second-order valence-electron chi connectivity index (χ2n) is 6.91. The molecular weight excluding hydrogens is 498 g/mol. The summed E-state index contributed by atoms with van der Waals surface area (Å²) in [7, 11) is -4.97. The number of halogens is 5. The Morgan fingerprint density at radius 2 is 1.87 bits per heavy atom. The molecule has 1 atom stereocenters. The van der Waals surface area contributed by atoms with Gasteiger partial charge in [0.05, 0.1) is 21.7 Å². The van der Waals surface area contributed by atoms with E-state index in [4.69, 9.17) is 5.14 Å². The van der Waals surface area contributed by atoms with Gasteiger partial charge in [-0.3, -0.25) is 0 Å². The molecule has 0 bridgehead atoms. The molecule has 0 amide bonds. The Kier molecular flexibility index (Phi) is 6.66. The number of anilines is 3. The van der Waals surface area contributed by atoms with Gasteiger partial charge in [-0.2, -0.15) is 18.2 Å². The molecule has 0 aliphatic carbocycles. The largest absolute Gasteiger partial charge is 0.417 e. The molecule has 5 N–H and O–H groups in total. The minimum absolute atomic E-state index is 0.208. The molecule has 0 aliphatic rings. The van der Waals surface area contributed by atoms with Crippen LogP contribution >= 0.6 is 15.9 Å². The quantitative estimate of drug-likeness (QED) is 0.434. The molecule has 2 aromatic rings. The Balaban J connectivity index is 2.46. The van der Waals surface area contributed by atoms with Gasteiger partial charge in [-0.05, 0) is 48.8 Å². The number of hydrogen-bond donors (Lipinski definition) is 4. The highest BCUT2D eigenvalue weighted by Crippen LogP contribution is 2.37. The van der Waals surface area contributed by atoms with Gasteiger partial charge in [0.25, 0.3) is 0 Å². The van der Waals surface area contributed by atoms with Gasteiger partial charge in [0.1, 0.15) is 16.5 Å². The number of hydrogen-bond acceptors (Lipinski definition) is 7. The number of nitrogens with zero attached hydrogens (tertiary/aromatic N) is 2. The molecule has 0 saturated heterocycles. The minimum Gasteiger partial charge on any atom is -0.388 e. The number of nitrogens with one attached hydrogen (secondary N) is 2. The van der Waals surface area contributed by atoms with Crippen molar-refractivity contribution in [3.05, 3.63) is 34.2 Å². The average Bonchev–Trinajstić information content (AvgIpc) is 2.54. The van der Waals surface area contributed by atoms with Gasteiger partial charge >= 0.3 is 6.18 Å². The van der Waals surface area contributed by atoms with Crippen LogP contribution in [0.3, 0.4) is 0 Å². The molecule has 1 aromatic heterocycles. The fraction of sp³-hybridized carbons (Fsp3) is 0.375. The summed E-state index contributed by atoms with van der Waals surface area (Å²) >= 11 is 3.21. The summed E-state index contributed by atoms with van der Waals surface area (Å²) < 4.78 is 77.2. The predicted octanol–water partition coefficient (Wildman–Crippen LogP) is 3.36. The minimum atomic E-state index is -5.18. The van der Waals surface area contributed by atoms with Gasteiger partial charge in [-0.25, -0.2) is 22.9 Å². The van der Waals surface area contributed by atoms with Gasteiger partial charge in [0.2, 0.25) is 16.0 Å². The number of nitrogens with two attached hydrogens (primary N) is 1. The molecule has 0 fully saturated rings. The van der Waals surface area contributed by atoms with Gasteiger partial charge in [0, 0.05) is 11.9 Å². The van der Waals surface area contributed by atoms with Crippen LogP contribution in [0.1, 0.15) is 26.3 Å². The Morgan fingerprint density at radius 1 is 1.27 bits per heavy atom. The van der Waals surface area contributed by atoms with Crippen molar-refractivity contribution in [3.8, 4) is 0 Å². The summed E-state index contributed by atoms with van der Waals surface area (Å²) in [4.78, 5) is 6.30. The number of alkyl halides is 3. The van der Waals surface area contributed by atoms with E-state index in [0.29, 0.717) is 16.6 Å². The van der Waals surface area contributed by atoms with E-state index in [9.17, 15) is 31.1 Å². The van der Waals surface area contributed by atoms with Crippen molar-refractivity contribution >= 4 is 43.4 Å². The zero-order valence-corrected chi connectivity index (χ0v) is 18.2. The van der Waals surface area contributed by atoms with Crippen molar-refractivity contribution in [2.24, 2.45) is 5.14 Å². The number of rotatable bonds is 6. The molecule has 0 spiro atoms. The van der Waals surface area contributed by atoms with Crippen LogP contribution in [-0.2, 0) is 16.2 Å². The van der Waals surface area contributed by atoms with Crippen molar-refractivity contribution < 1.29 is 31.1 Å². The van der Waals surface area contributed by atoms with E-state index in [1.807, 2.05) is 0 Å². The molecule has 8 nitrogen and oxygen atoms in total. The number of benzene rings is 1. The van der Waals surface area contributed by atoms with Crippen molar-refractivity contribution in [3.63, 3.8) is 0 Å². The highest BCUT2D eigenvalue weighted by Gasteiger charge is 2.39. The third kappa shape index (κ3) is 5.77. The SMILES string of the molecule is C[C@@H](Nc1nc(Nc2cc(F)c(S(N)(=O)=O)c(C(F)(F)F)c2)ncc1Br)C(C)(C)O. The number of primary sulfonamides is 1. The summed E-state index contributed by atoms with van der Waals surface area (Å²) in [6.45, 7) is 4.81. The lowest BCUT2D eigenvalue weighted by atomic mass is 10.0. The van der Waals surface area contributed by atoms with Gasteiger partial charge in [0.15, 0.2) is 0 Å². The molecule has 14 heteroatoms. The fourth-order valence-electron chi connectivity index (χ4n) is 2.20. The number of aliphatic hydroxyl groups is 1. The molecule has 0 radical (unpaired) electrons. The summed E-state index contributed by atoms with van der Waals surface area (Å²) in [5.74, 6) is -1.68. The monoisotopic (exact) mass is 515 g/mol. The Morgan fingerprint density at radius 3 is 2.37 bits per heavy atom. The van der Waals surface area contributed by atoms with E-state index in [1.165, 1.54) is 6.20 Å². The predicted molar refractivity (Wildman–Crippen MR) is 105 cm³/mol. The van der Waals surface area contributed by atoms with Crippen LogP contribution in [0, 0.1) is 5.82 Å². The fourth-order valence-corrected chi connectivity index (χ4v) is 3.32. The van der Waals surface area contributed by atoms with Crippen LogP contribution in [-0.4, -0.2) is 35.1 Å².